The maximum absolute atomic E-state index is 12.3. The van der Waals surface area contributed by atoms with Crippen molar-refractivity contribution in [2.75, 3.05) is 18.5 Å². The molecule has 2 aromatic rings. The van der Waals surface area contributed by atoms with Crippen LogP contribution >= 0.6 is 0 Å². The summed E-state index contributed by atoms with van der Waals surface area (Å²) in [7, 11) is 1.83. The molecule has 0 saturated carbocycles. The second-order valence-corrected chi connectivity index (χ2v) is 6.26. The van der Waals surface area contributed by atoms with Gasteiger partial charge in [-0.2, -0.15) is 0 Å². The number of urea groups is 1. The van der Waals surface area contributed by atoms with Gasteiger partial charge in [-0.15, -0.1) is 0 Å². The number of carbonyl (C=O) groups is 1. The Kier molecular flexibility index (Phi) is 3.79. The third-order valence-electron chi connectivity index (χ3n) is 4.14. The predicted molar refractivity (Wildman–Crippen MR) is 91.2 cm³/mol. The first-order valence-corrected chi connectivity index (χ1v) is 7.56. The van der Waals surface area contributed by atoms with Crippen molar-refractivity contribution in [1.82, 2.24) is 9.88 Å². The molecule has 0 spiro atoms. The molecule has 0 bridgehead atoms. The summed E-state index contributed by atoms with van der Waals surface area (Å²) in [5, 5.41) is 0. The van der Waals surface area contributed by atoms with E-state index in [0.29, 0.717) is 12.2 Å². The highest BCUT2D eigenvalue weighted by Gasteiger charge is 2.41. The number of carbonyl (C=O) groups excluding carboxylic acids is 1. The Hall–Kier alpha value is -2.80. The Bertz CT molecular complexity index is 770. The number of hydrogen-bond donors (Lipinski definition) is 0. The fraction of sp³-hybridized carbons (Fsp3) is 0.263. The lowest BCUT2D eigenvalue weighted by molar-refractivity contribution is 0.198. The van der Waals surface area contributed by atoms with Gasteiger partial charge in [-0.05, 0) is 44.0 Å². The van der Waals surface area contributed by atoms with Gasteiger partial charge < -0.3 is 4.90 Å². The molecule has 4 nitrogen and oxygen atoms in total. The summed E-state index contributed by atoms with van der Waals surface area (Å²) in [5.74, 6) is 6.12. The van der Waals surface area contributed by atoms with Crippen LogP contribution in [0.2, 0.25) is 0 Å². The number of aromatic nitrogens is 1. The Morgan fingerprint density at radius 1 is 1.09 bits per heavy atom. The van der Waals surface area contributed by atoms with Gasteiger partial charge in [-0.3, -0.25) is 4.90 Å². The maximum atomic E-state index is 12.3. The molecule has 2 heterocycles. The minimum absolute atomic E-state index is 0.0000743. The summed E-state index contributed by atoms with van der Waals surface area (Å²) >= 11 is 0. The van der Waals surface area contributed by atoms with E-state index in [1.54, 1.807) is 16.0 Å². The summed E-state index contributed by atoms with van der Waals surface area (Å²) < 4.78 is 0. The molecule has 1 aliphatic rings. The fourth-order valence-corrected chi connectivity index (χ4v) is 2.48. The molecule has 116 valence electrons. The van der Waals surface area contributed by atoms with Crippen LogP contribution in [0.4, 0.5) is 10.5 Å². The van der Waals surface area contributed by atoms with Crippen molar-refractivity contribution in [3.63, 3.8) is 0 Å². The van der Waals surface area contributed by atoms with E-state index < -0.39 is 0 Å². The van der Waals surface area contributed by atoms with E-state index in [2.05, 4.69) is 30.7 Å². The monoisotopic (exact) mass is 305 g/mol. The summed E-state index contributed by atoms with van der Waals surface area (Å²) in [6, 6.07) is 13.5. The van der Waals surface area contributed by atoms with Crippen molar-refractivity contribution < 1.29 is 4.79 Å². The molecular weight excluding hydrogens is 286 g/mol. The van der Waals surface area contributed by atoms with E-state index in [0.717, 1.165) is 11.3 Å². The molecule has 3 rings (SSSR count). The van der Waals surface area contributed by atoms with Crippen LogP contribution in [0.1, 0.15) is 25.1 Å². The van der Waals surface area contributed by atoms with E-state index in [-0.39, 0.29) is 11.6 Å². The minimum atomic E-state index is -0.178. The molecular formula is C19H19N3O. The van der Waals surface area contributed by atoms with Crippen molar-refractivity contribution in [3.05, 3.63) is 59.9 Å². The Morgan fingerprint density at radius 2 is 1.83 bits per heavy atom. The zero-order chi connectivity index (χ0) is 16.4. The standard InChI is InChI=1S/C19H19N3O/c1-19(2)14-22(18(23)21(19)3)17-12-11-16(20-13-17)10-9-15-7-5-4-6-8-15/h4-8,11-13H,14H2,1-3H3. The number of likely N-dealkylation sites (N-methyl/N-ethyl adjacent to an activating group) is 1. The van der Waals surface area contributed by atoms with Gasteiger partial charge in [0.2, 0.25) is 0 Å². The Labute approximate surface area is 136 Å². The molecule has 1 aromatic carbocycles. The van der Waals surface area contributed by atoms with Gasteiger partial charge >= 0.3 is 6.03 Å². The zero-order valence-electron chi connectivity index (χ0n) is 13.6. The maximum Gasteiger partial charge on any atom is 0.324 e. The van der Waals surface area contributed by atoms with Crippen molar-refractivity contribution in [1.29, 1.82) is 0 Å². The van der Waals surface area contributed by atoms with Gasteiger partial charge in [0.15, 0.2) is 0 Å². The predicted octanol–water partition coefficient (Wildman–Crippen LogP) is 3.13. The molecule has 23 heavy (non-hydrogen) atoms. The SMILES string of the molecule is CN1C(=O)N(c2ccc(C#Cc3ccccc3)nc2)CC1(C)C. The summed E-state index contributed by atoms with van der Waals surface area (Å²) in [5.41, 5.74) is 2.27. The topological polar surface area (TPSA) is 36.4 Å². The molecule has 1 saturated heterocycles. The molecule has 0 radical (unpaired) electrons. The number of nitrogens with zero attached hydrogens (tertiary/aromatic N) is 3. The first-order valence-electron chi connectivity index (χ1n) is 7.56. The number of rotatable bonds is 1. The van der Waals surface area contributed by atoms with Crippen molar-refractivity contribution in [2.24, 2.45) is 0 Å². The summed E-state index contributed by atoms with van der Waals surface area (Å²) in [4.78, 5) is 20.2. The normalized spacial score (nSPS) is 16.2. The van der Waals surface area contributed by atoms with Crippen LogP contribution in [0.3, 0.4) is 0 Å². The molecule has 1 aromatic heterocycles. The van der Waals surface area contributed by atoms with Gasteiger partial charge in [0, 0.05) is 12.6 Å². The average molecular weight is 305 g/mol. The lowest BCUT2D eigenvalue weighted by Gasteiger charge is -2.24. The number of amides is 2. The number of pyridine rings is 1. The number of anilines is 1. The molecule has 4 heteroatoms. The van der Waals surface area contributed by atoms with Crippen molar-refractivity contribution in [3.8, 4) is 11.8 Å². The molecule has 0 N–H and O–H groups in total. The van der Waals surface area contributed by atoms with E-state index in [4.69, 9.17) is 0 Å². The Balaban J connectivity index is 1.79. The first-order chi connectivity index (χ1) is 11.0. The third kappa shape index (κ3) is 3.04. The van der Waals surface area contributed by atoms with Gasteiger partial charge in [0.05, 0.1) is 24.0 Å². The highest BCUT2D eigenvalue weighted by Crippen LogP contribution is 2.28. The molecule has 0 atom stereocenters. The summed E-state index contributed by atoms with van der Waals surface area (Å²) in [6.07, 6.45) is 1.71. The average Bonchev–Trinajstić information content (AvgIpc) is 2.78. The Morgan fingerprint density at radius 3 is 2.39 bits per heavy atom. The highest BCUT2D eigenvalue weighted by molar-refractivity contribution is 5.94. The molecule has 2 amide bonds. The van der Waals surface area contributed by atoms with Crippen molar-refractivity contribution in [2.45, 2.75) is 19.4 Å². The quantitative estimate of drug-likeness (QED) is 0.759. The van der Waals surface area contributed by atoms with Gasteiger partial charge in [0.25, 0.3) is 0 Å². The van der Waals surface area contributed by atoms with E-state index in [9.17, 15) is 4.79 Å². The van der Waals surface area contributed by atoms with E-state index in [1.165, 1.54) is 0 Å². The van der Waals surface area contributed by atoms with Gasteiger partial charge in [-0.25, -0.2) is 9.78 Å². The minimum Gasteiger partial charge on any atom is -0.320 e. The molecule has 0 unspecified atom stereocenters. The van der Waals surface area contributed by atoms with Crippen LogP contribution < -0.4 is 4.90 Å². The molecule has 1 aliphatic heterocycles. The largest absolute Gasteiger partial charge is 0.324 e. The van der Waals surface area contributed by atoms with Crippen LogP contribution in [0.25, 0.3) is 0 Å². The third-order valence-corrected chi connectivity index (χ3v) is 4.14. The van der Waals surface area contributed by atoms with Crippen LogP contribution in [0, 0.1) is 11.8 Å². The zero-order valence-corrected chi connectivity index (χ0v) is 13.6. The smallest absolute Gasteiger partial charge is 0.320 e. The fourth-order valence-electron chi connectivity index (χ4n) is 2.48. The number of benzene rings is 1. The first kappa shape index (κ1) is 15.1. The van der Waals surface area contributed by atoms with Crippen LogP contribution in [-0.2, 0) is 0 Å². The van der Waals surface area contributed by atoms with E-state index in [1.807, 2.05) is 49.5 Å². The molecule has 1 fully saturated rings. The second-order valence-electron chi connectivity index (χ2n) is 6.26. The van der Waals surface area contributed by atoms with Gasteiger partial charge in [0.1, 0.15) is 5.69 Å². The highest BCUT2D eigenvalue weighted by atomic mass is 16.2. The number of hydrogen-bond acceptors (Lipinski definition) is 2. The lowest BCUT2D eigenvalue weighted by atomic mass is 10.1. The van der Waals surface area contributed by atoms with E-state index >= 15 is 0 Å². The summed E-state index contributed by atoms with van der Waals surface area (Å²) in [6.45, 7) is 4.76. The van der Waals surface area contributed by atoms with Crippen LogP contribution in [0.5, 0.6) is 0 Å². The van der Waals surface area contributed by atoms with Crippen molar-refractivity contribution >= 4 is 11.7 Å². The molecule has 0 aliphatic carbocycles. The second kappa shape index (κ2) is 5.77. The van der Waals surface area contributed by atoms with Gasteiger partial charge in [-0.1, -0.05) is 24.1 Å². The van der Waals surface area contributed by atoms with Crippen LogP contribution in [0.15, 0.2) is 48.7 Å². The van der Waals surface area contributed by atoms with Crippen LogP contribution in [-0.4, -0.2) is 35.0 Å². The lowest BCUT2D eigenvalue weighted by Crippen LogP contribution is -2.38.